The van der Waals surface area contributed by atoms with Gasteiger partial charge in [-0.05, 0) is 65.9 Å². The molecule has 43 heavy (non-hydrogen) atoms. The van der Waals surface area contributed by atoms with Crippen LogP contribution in [0.3, 0.4) is 0 Å². The van der Waals surface area contributed by atoms with Gasteiger partial charge in [-0.25, -0.2) is 14.4 Å². The highest BCUT2D eigenvalue weighted by molar-refractivity contribution is 5.93. The number of ether oxygens (including phenoxy) is 3. The number of alkyl carbamates (subject to hydrolysis) is 1. The van der Waals surface area contributed by atoms with Gasteiger partial charge >= 0.3 is 18.2 Å². The van der Waals surface area contributed by atoms with Gasteiger partial charge in [-0.3, -0.25) is 14.5 Å². The van der Waals surface area contributed by atoms with Gasteiger partial charge in [0, 0.05) is 13.0 Å². The van der Waals surface area contributed by atoms with Gasteiger partial charge in [-0.15, -0.1) is 0 Å². The fraction of sp³-hybridized carbons (Fsp3) is 0.645. The van der Waals surface area contributed by atoms with Crippen LogP contribution in [0.5, 0.6) is 0 Å². The van der Waals surface area contributed by atoms with E-state index >= 15 is 0 Å². The molecule has 1 saturated heterocycles. The van der Waals surface area contributed by atoms with Crippen molar-refractivity contribution in [3.63, 3.8) is 0 Å². The van der Waals surface area contributed by atoms with Crippen LogP contribution in [0, 0.1) is 5.92 Å². The van der Waals surface area contributed by atoms with Crippen LogP contribution in [0.25, 0.3) is 0 Å². The molecule has 0 saturated carbocycles. The van der Waals surface area contributed by atoms with Gasteiger partial charge in [-0.2, -0.15) is 0 Å². The minimum absolute atomic E-state index is 0.00821. The molecule has 1 aromatic carbocycles. The number of hydrogen-bond donors (Lipinski definition) is 3. The van der Waals surface area contributed by atoms with Crippen LogP contribution in [0.1, 0.15) is 73.8 Å². The van der Waals surface area contributed by atoms with Crippen molar-refractivity contribution in [2.45, 2.75) is 110 Å². The predicted molar refractivity (Wildman–Crippen MR) is 160 cm³/mol. The second kappa shape index (κ2) is 15.1. The van der Waals surface area contributed by atoms with Crippen LogP contribution in [0.2, 0.25) is 0 Å². The molecule has 240 valence electrons. The molecule has 0 bridgehead atoms. The van der Waals surface area contributed by atoms with Crippen LogP contribution >= 0.6 is 0 Å². The van der Waals surface area contributed by atoms with Crippen molar-refractivity contribution < 1.29 is 38.2 Å². The predicted octanol–water partition coefficient (Wildman–Crippen LogP) is 3.32. The first-order valence-corrected chi connectivity index (χ1v) is 14.6. The molecule has 0 radical (unpaired) electrons. The van der Waals surface area contributed by atoms with Crippen molar-refractivity contribution >= 4 is 30.0 Å². The first kappa shape index (κ1) is 35.4. The second-order valence-corrected chi connectivity index (χ2v) is 13.2. The number of hydrogen-bond acceptors (Lipinski definition) is 8. The summed E-state index contributed by atoms with van der Waals surface area (Å²) in [6.45, 7) is 14.1. The fourth-order valence-electron chi connectivity index (χ4n) is 4.61. The van der Waals surface area contributed by atoms with Gasteiger partial charge in [-0.1, -0.05) is 44.2 Å². The molecule has 0 unspecified atom stereocenters. The molecule has 4 amide bonds. The number of likely N-dealkylation sites (tertiary alicyclic amines) is 1. The summed E-state index contributed by atoms with van der Waals surface area (Å²) in [6.07, 6.45) is -0.838. The van der Waals surface area contributed by atoms with E-state index in [0.29, 0.717) is 0 Å². The normalized spacial score (nSPS) is 18.3. The fourth-order valence-corrected chi connectivity index (χ4v) is 4.61. The summed E-state index contributed by atoms with van der Waals surface area (Å²) in [4.78, 5) is 66.5. The minimum Gasteiger partial charge on any atom is -0.467 e. The van der Waals surface area contributed by atoms with Crippen LogP contribution < -0.4 is 16.0 Å². The summed E-state index contributed by atoms with van der Waals surface area (Å²) < 4.78 is 15.8. The lowest BCUT2D eigenvalue weighted by Gasteiger charge is -2.29. The zero-order valence-electron chi connectivity index (χ0n) is 26.8. The number of carbonyl (C=O) groups excluding carboxylic acids is 5. The van der Waals surface area contributed by atoms with Gasteiger partial charge in [0.15, 0.2) is 0 Å². The zero-order chi connectivity index (χ0) is 32.5. The van der Waals surface area contributed by atoms with E-state index in [1.165, 1.54) is 12.0 Å². The number of methoxy groups -OCH3 is 1. The van der Waals surface area contributed by atoms with Crippen LogP contribution in [-0.2, 0) is 35.0 Å². The molecule has 1 aliphatic heterocycles. The molecule has 3 N–H and O–H groups in total. The molecule has 0 aliphatic carbocycles. The number of esters is 1. The Morgan fingerprint density at radius 3 is 2.05 bits per heavy atom. The molecule has 1 heterocycles. The largest absolute Gasteiger partial charge is 0.467 e. The van der Waals surface area contributed by atoms with E-state index in [1.54, 1.807) is 41.5 Å². The SMILES string of the molecule is COC(=O)[C@H](Cc1ccccc1)NC(=O)[C@H](CC(C)C)NC(=O)[C@@H]1C[C@@H](NC(=O)OC(C)(C)C)CN1C(=O)OC(C)(C)C. The first-order chi connectivity index (χ1) is 19.9. The van der Waals surface area contributed by atoms with E-state index in [2.05, 4.69) is 16.0 Å². The topological polar surface area (TPSA) is 152 Å². The number of nitrogens with one attached hydrogen (secondary N) is 3. The van der Waals surface area contributed by atoms with E-state index in [0.717, 1.165) is 5.56 Å². The Morgan fingerprint density at radius 2 is 1.51 bits per heavy atom. The van der Waals surface area contributed by atoms with E-state index < -0.39 is 65.3 Å². The van der Waals surface area contributed by atoms with Crippen LogP contribution in [0.4, 0.5) is 9.59 Å². The van der Waals surface area contributed by atoms with Crippen molar-refractivity contribution in [2.75, 3.05) is 13.7 Å². The Labute approximate surface area is 254 Å². The summed E-state index contributed by atoms with van der Waals surface area (Å²) in [7, 11) is 1.24. The average molecular weight is 605 g/mol. The average Bonchev–Trinajstić information content (AvgIpc) is 3.29. The number of carbonyl (C=O) groups is 5. The first-order valence-electron chi connectivity index (χ1n) is 14.6. The highest BCUT2D eigenvalue weighted by atomic mass is 16.6. The van der Waals surface area contributed by atoms with E-state index in [9.17, 15) is 24.0 Å². The number of amides is 4. The molecule has 12 heteroatoms. The molecule has 1 fully saturated rings. The lowest BCUT2D eigenvalue weighted by molar-refractivity contribution is -0.145. The van der Waals surface area contributed by atoms with Gasteiger partial charge < -0.3 is 30.2 Å². The number of benzene rings is 1. The number of rotatable bonds is 10. The van der Waals surface area contributed by atoms with Crippen molar-refractivity contribution in [1.82, 2.24) is 20.9 Å². The summed E-state index contributed by atoms with van der Waals surface area (Å²) in [5.74, 6) is -1.75. The Bertz CT molecular complexity index is 1130. The molecular formula is C31H48N4O8. The Kier molecular flexibility index (Phi) is 12.4. The molecule has 1 aliphatic rings. The zero-order valence-corrected chi connectivity index (χ0v) is 26.8. The highest BCUT2D eigenvalue weighted by Gasteiger charge is 2.43. The Hall–Kier alpha value is -3.83. The maximum atomic E-state index is 13.7. The highest BCUT2D eigenvalue weighted by Crippen LogP contribution is 2.23. The van der Waals surface area contributed by atoms with Crippen LogP contribution in [0.15, 0.2) is 30.3 Å². The third-order valence-electron chi connectivity index (χ3n) is 6.38. The number of nitrogens with zero attached hydrogens (tertiary/aromatic N) is 1. The molecular weight excluding hydrogens is 556 g/mol. The maximum Gasteiger partial charge on any atom is 0.411 e. The van der Waals surface area contributed by atoms with Crippen molar-refractivity contribution in [3.05, 3.63) is 35.9 Å². The van der Waals surface area contributed by atoms with Gasteiger partial charge in [0.1, 0.15) is 29.3 Å². The van der Waals surface area contributed by atoms with Crippen LogP contribution in [-0.4, -0.2) is 83.9 Å². The standard InChI is InChI=1S/C31H48N4O8/c1-19(2)15-22(25(36)34-23(27(38)41-9)16-20-13-11-10-12-14-20)33-26(37)24-17-21(32-28(39)42-30(3,4)5)18-35(24)29(40)43-31(6,7)8/h10-14,19,21-24H,15-18H2,1-9H3,(H,32,39)(H,33,37)(H,34,36)/t21-,22+,23+,24+/m1/s1. The molecule has 0 aromatic heterocycles. The summed E-state index contributed by atoms with van der Waals surface area (Å²) in [5.41, 5.74) is -0.731. The van der Waals surface area contributed by atoms with Gasteiger partial charge in [0.05, 0.1) is 13.2 Å². The molecule has 0 spiro atoms. The van der Waals surface area contributed by atoms with E-state index in [1.807, 2.05) is 44.2 Å². The quantitative estimate of drug-likeness (QED) is 0.272. The smallest absolute Gasteiger partial charge is 0.411 e. The van der Waals surface area contributed by atoms with Crippen molar-refractivity contribution in [2.24, 2.45) is 5.92 Å². The summed E-state index contributed by atoms with van der Waals surface area (Å²) in [5, 5.41) is 8.23. The molecule has 1 aromatic rings. The second-order valence-electron chi connectivity index (χ2n) is 13.2. The summed E-state index contributed by atoms with van der Waals surface area (Å²) >= 11 is 0. The van der Waals surface area contributed by atoms with Gasteiger partial charge in [0.25, 0.3) is 0 Å². The van der Waals surface area contributed by atoms with Crippen molar-refractivity contribution in [3.8, 4) is 0 Å². The Balaban J connectivity index is 2.25. The van der Waals surface area contributed by atoms with Crippen molar-refractivity contribution in [1.29, 1.82) is 0 Å². The summed E-state index contributed by atoms with van der Waals surface area (Å²) in [6, 6.07) is 5.58. The maximum absolute atomic E-state index is 13.7. The lowest BCUT2D eigenvalue weighted by atomic mass is 10.0. The molecule has 12 nitrogen and oxygen atoms in total. The van der Waals surface area contributed by atoms with Gasteiger partial charge in [0.2, 0.25) is 11.8 Å². The molecule has 2 rings (SSSR count). The lowest BCUT2D eigenvalue weighted by Crippen LogP contribution is -2.56. The molecule has 4 atom stereocenters. The Morgan fingerprint density at radius 1 is 0.907 bits per heavy atom. The van der Waals surface area contributed by atoms with E-state index in [-0.39, 0.29) is 31.7 Å². The third-order valence-corrected chi connectivity index (χ3v) is 6.38. The minimum atomic E-state index is -1.03. The monoisotopic (exact) mass is 604 g/mol. The third kappa shape index (κ3) is 12.1. The van der Waals surface area contributed by atoms with E-state index in [4.69, 9.17) is 14.2 Å².